The van der Waals surface area contributed by atoms with Gasteiger partial charge < -0.3 is 15.5 Å². The van der Waals surface area contributed by atoms with Crippen molar-refractivity contribution in [2.24, 2.45) is 0 Å². The van der Waals surface area contributed by atoms with E-state index >= 15 is 0 Å². The fourth-order valence-corrected chi connectivity index (χ4v) is 3.07. The molecule has 0 aliphatic heterocycles. The normalized spacial score (nSPS) is 12.5. The Morgan fingerprint density at radius 1 is 1.10 bits per heavy atom. The maximum atomic E-state index is 13.1. The molecule has 0 saturated carbocycles. The average molecular weight is 435 g/mol. The molecule has 1 aromatic carbocycles. The van der Waals surface area contributed by atoms with Gasteiger partial charge in [0.15, 0.2) is 5.65 Å². The van der Waals surface area contributed by atoms with Crippen LogP contribution in [0.25, 0.3) is 11.2 Å². The summed E-state index contributed by atoms with van der Waals surface area (Å²) in [7, 11) is 3.97. The molecule has 2 N–H and O–H groups in total. The topological polar surface area (TPSA) is 70.9 Å². The summed E-state index contributed by atoms with van der Waals surface area (Å²) in [4.78, 5) is 15.6. The van der Waals surface area contributed by atoms with Gasteiger partial charge in [-0.3, -0.25) is 4.57 Å². The second-order valence-corrected chi connectivity index (χ2v) is 8.72. The molecule has 0 spiro atoms. The van der Waals surface area contributed by atoms with Crippen LogP contribution in [-0.2, 0) is 12.7 Å². The maximum absolute atomic E-state index is 13.1. The third-order valence-corrected chi connectivity index (χ3v) is 4.41. The van der Waals surface area contributed by atoms with E-state index in [0.717, 1.165) is 25.1 Å². The summed E-state index contributed by atoms with van der Waals surface area (Å²) in [6.45, 7) is 7.48. The van der Waals surface area contributed by atoms with Gasteiger partial charge in [-0.05, 0) is 66.0 Å². The summed E-state index contributed by atoms with van der Waals surface area (Å²) in [5.74, 6) is 0.898. The largest absolute Gasteiger partial charge is 0.416 e. The van der Waals surface area contributed by atoms with Crippen molar-refractivity contribution in [3.8, 4) is 0 Å². The fraction of sp³-hybridized carbons (Fsp3) is 0.476. The number of halogens is 3. The first-order valence-corrected chi connectivity index (χ1v) is 10.0. The van der Waals surface area contributed by atoms with E-state index in [9.17, 15) is 13.2 Å². The monoisotopic (exact) mass is 435 g/mol. The highest BCUT2D eigenvalue weighted by molar-refractivity contribution is 5.76. The van der Waals surface area contributed by atoms with Gasteiger partial charge in [0.05, 0.1) is 11.8 Å². The first-order valence-electron chi connectivity index (χ1n) is 10.0. The van der Waals surface area contributed by atoms with Gasteiger partial charge in [-0.25, -0.2) is 9.97 Å². The minimum Gasteiger partial charge on any atom is -0.350 e. The maximum Gasteiger partial charge on any atom is 0.416 e. The van der Waals surface area contributed by atoms with Crippen LogP contribution in [0.5, 0.6) is 0 Å². The highest BCUT2D eigenvalue weighted by Gasteiger charge is 2.30. The molecule has 31 heavy (non-hydrogen) atoms. The number of nitrogens with one attached hydrogen (secondary N) is 2. The van der Waals surface area contributed by atoms with Crippen molar-refractivity contribution in [1.82, 2.24) is 24.4 Å². The molecule has 0 aliphatic rings. The molecule has 3 rings (SSSR count). The Hall–Kier alpha value is -2.88. The summed E-state index contributed by atoms with van der Waals surface area (Å²) in [5.41, 5.74) is 0.556. The molecule has 168 valence electrons. The zero-order valence-electron chi connectivity index (χ0n) is 18.4. The van der Waals surface area contributed by atoms with Crippen molar-refractivity contribution >= 4 is 28.7 Å². The van der Waals surface area contributed by atoms with E-state index in [-0.39, 0.29) is 5.54 Å². The van der Waals surface area contributed by atoms with Crippen molar-refractivity contribution < 1.29 is 13.2 Å². The molecule has 0 saturated heterocycles. The highest BCUT2D eigenvalue weighted by atomic mass is 19.4. The van der Waals surface area contributed by atoms with Crippen LogP contribution in [0.1, 0.15) is 32.8 Å². The lowest BCUT2D eigenvalue weighted by molar-refractivity contribution is -0.137. The molecule has 0 fully saturated rings. The van der Waals surface area contributed by atoms with Crippen LogP contribution in [0.15, 0.2) is 30.5 Å². The van der Waals surface area contributed by atoms with Crippen LogP contribution in [0.4, 0.5) is 30.8 Å². The zero-order chi connectivity index (χ0) is 22.8. The molecular weight excluding hydrogens is 407 g/mol. The van der Waals surface area contributed by atoms with Crippen LogP contribution in [0, 0.1) is 0 Å². The number of fused-ring (bicyclic) bond motifs is 1. The fourth-order valence-electron chi connectivity index (χ4n) is 3.07. The van der Waals surface area contributed by atoms with Crippen LogP contribution >= 0.6 is 0 Å². The summed E-state index contributed by atoms with van der Waals surface area (Å²) in [6, 6.07) is 5.06. The number of benzene rings is 1. The second kappa shape index (κ2) is 8.70. The predicted octanol–water partition coefficient (Wildman–Crippen LogP) is 4.75. The first-order chi connectivity index (χ1) is 14.4. The van der Waals surface area contributed by atoms with Crippen LogP contribution < -0.4 is 10.6 Å². The Labute approximate surface area is 179 Å². The van der Waals surface area contributed by atoms with Gasteiger partial charge in [-0.2, -0.15) is 18.2 Å². The quantitative estimate of drug-likeness (QED) is 0.558. The highest BCUT2D eigenvalue weighted by Crippen LogP contribution is 2.32. The lowest BCUT2D eigenvalue weighted by atomic mass is 10.1. The molecule has 2 aromatic heterocycles. The Bertz CT molecular complexity index is 1040. The van der Waals surface area contributed by atoms with Crippen LogP contribution in [0.3, 0.4) is 0 Å². The lowest BCUT2D eigenvalue weighted by Gasteiger charge is -2.20. The van der Waals surface area contributed by atoms with Gasteiger partial charge >= 0.3 is 6.18 Å². The summed E-state index contributed by atoms with van der Waals surface area (Å²) >= 11 is 0. The summed E-state index contributed by atoms with van der Waals surface area (Å²) < 4.78 is 41.2. The molecule has 2 heterocycles. The van der Waals surface area contributed by atoms with Gasteiger partial charge in [0.2, 0.25) is 11.9 Å². The zero-order valence-corrected chi connectivity index (χ0v) is 18.4. The van der Waals surface area contributed by atoms with Gasteiger partial charge in [0.25, 0.3) is 0 Å². The number of imidazole rings is 1. The summed E-state index contributed by atoms with van der Waals surface area (Å²) in [6.07, 6.45) is -1.97. The minimum atomic E-state index is -4.41. The van der Waals surface area contributed by atoms with Gasteiger partial charge in [0.1, 0.15) is 5.52 Å². The van der Waals surface area contributed by atoms with E-state index < -0.39 is 11.7 Å². The van der Waals surface area contributed by atoms with E-state index in [4.69, 9.17) is 0 Å². The molecule has 0 aliphatic carbocycles. The average Bonchev–Trinajstić information content (AvgIpc) is 2.96. The van der Waals surface area contributed by atoms with Crippen molar-refractivity contribution in [3.05, 3.63) is 36.0 Å². The van der Waals surface area contributed by atoms with E-state index in [2.05, 4.69) is 30.5 Å². The third kappa shape index (κ3) is 6.06. The van der Waals surface area contributed by atoms with Crippen molar-refractivity contribution in [1.29, 1.82) is 0 Å². The Kier molecular flexibility index (Phi) is 6.40. The molecule has 0 radical (unpaired) electrons. The van der Waals surface area contributed by atoms with Crippen molar-refractivity contribution in [2.75, 3.05) is 31.3 Å². The van der Waals surface area contributed by atoms with E-state index in [0.29, 0.717) is 35.3 Å². The molecule has 0 atom stereocenters. The predicted molar refractivity (Wildman–Crippen MR) is 117 cm³/mol. The van der Waals surface area contributed by atoms with E-state index in [1.165, 1.54) is 6.07 Å². The van der Waals surface area contributed by atoms with E-state index in [1.807, 2.05) is 39.4 Å². The number of rotatable bonds is 7. The van der Waals surface area contributed by atoms with Crippen molar-refractivity contribution in [3.63, 3.8) is 0 Å². The van der Waals surface area contributed by atoms with Crippen molar-refractivity contribution in [2.45, 2.75) is 45.5 Å². The minimum absolute atomic E-state index is 0.220. The number of alkyl halides is 3. The molecule has 0 amide bonds. The third-order valence-electron chi connectivity index (χ3n) is 4.41. The summed E-state index contributed by atoms with van der Waals surface area (Å²) in [5, 5.41) is 6.27. The Balaban J connectivity index is 1.99. The van der Waals surface area contributed by atoms with Gasteiger partial charge in [0, 0.05) is 17.8 Å². The number of nitrogens with zero attached hydrogens (tertiary/aromatic N) is 5. The molecule has 0 unspecified atom stereocenters. The first kappa shape index (κ1) is 22.8. The standard InChI is InChI=1S/C21H28F3N7/c1-20(2,3)29-18-25-13-16-17(28-18)31(11-7-10-30(4)5)19(27-16)26-15-9-6-8-14(12-15)21(22,23)24/h6,8-9,12-13H,7,10-11H2,1-5H3,(H,26,27)(H,25,28,29). The SMILES string of the molecule is CN(C)CCCn1c(Nc2cccc(C(F)(F)F)c2)nc2cnc(NC(C)(C)C)nc21. The van der Waals surface area contributed by atoms with Crippen LogP contribution in [-0.4, -0.2) is 50.6 Å². The lowest BCUT2D eigenvalue weighted by Crippen LogP contribution is -2.27. The molecule has 7 nitrogen and oxygen atoms in total. The van der Waals surface area contributed by atoms with Gasteiger partial charge in [-0.15, -0.1) is 0 Å². The second-order valence-electron chi connectivity index (χ2n) is 8.72. The molecule has 3 aromatic rings. The number of aryl methyl sites for hydroxylation is 1. The van der Waals surface area contributed by atoms with Gasteiger partial charge in [-0.1, -0.05) is 6.07 Å². The molecular formula is C21H28F3N7. The molecule has 0 bridgehead atoms. The number of anilines is 3. The Morgan fingerprint density at radius 2 is 1.84 bits per heavy atom. The Morgan fingerprint density at radius 3 is 2.48 bits per heavy atom. The molecule has 10 heteroatoms. The smallest absolute Gasteiger partial charge is 0.350 e. The van der Waals surface area contributed by atoms with Crippen LogP contribution in [0.2, 0.25) is 0 Å². The number of hydrogen-bond donors (Lipinski definition) is 2. The van der Waals surface area contributed by atoms with E-state index in [1.54, 1.807) is 12.3 Å². The number of aromatic nitrogens is 4. The number of hydrogen-bond acceptors (Lipinski definition) is 6.